The Morgan fingerprint density at radius 3 is 2.73 bits per heavy atom. The number of ether oxygens (including phenoxy) is 1. The van der Waals surface area contributed by atoms with Gasteiger partial charge >= 0.3 is 0 Å². The first kappa shape index (κ1) is 16.2. The highest BCUT2D eigenvalue weighted by Crippen LogP contribution is 2.32. The lowest BCUT2D eigenvalue weighted by Gasteiger charge is -2.38. The Labute approximate surface area is 134 Å². The molecule has 2 unspecified atom stereocenters. The molecule has 3 aliphatic rings. The number of nitrogens with one attached hydrogen (secondary N) is 2. The maximum Gasteiger partial charge on any atom is 0.220 e. The highest BCUT2D eigenvalue weighted by molar-refractivity contribution is 5.76. The molecule has 3 saturated heterocycles. The second kappa shape index (κ2) is 6.85. The molecule has 0 aromatic carbocycles. The predicted molar refractivity (Wildman–Crippen MR) is 86.8 cm³/mol. The van der Waals surface area contributed by atoms with E-state index in [0.717, 1.165) is 32.8 Å². The lowest BCUT2D eigenvalue weighted by molar-refractivity contribution is -0.122. The molecule has 126 valence electrons. The van der Waals surface area contributed by atoms with Crippen molar-refractivity contribution in [3.63, 3.8) is 0 Å². The monoisotopic (exact) mass is 309 g/mol. The molecule has 5 heteroatoms. The van der Waals surface area contributed by atoms with Crippen molar-refractivity contribution in [1.29, 1.82) is 0 Å². The molecule has 22 heavy (non-hydrogen) atoms. The molecular weight excluding hydrogens is 278 g/mol. The summed E-state index contributed by atoms with van der Waals surface area (Å²) < 4.78 is 5.71. The molecule has 1 amide bonds. The first-order valence-electron chi connectivity index (χ1n) is 8.89. The summed E-state index contributed by atoms with van der Waals surface area (Å²) in [5, 5.41) is 6.75. The second-order valence-electron chi connectivity index (χ2n) is 7.91. The third-order valence-corrected chi connectivity index (χ3v) is 5.30. The minimum absolute atomic E-state index is 0.0589. The Hall–Kier alpha value is -0.650. The van der Waals surface area contributed by atoms with Crippen molar-refractivity contribution in [1.82, 2.24) is 15.5 Å². The smallest absolute Gasteiger partial charge is 0.220 e. The van der Waals surface area contributed by atoms with Crippen molar-refractivity contribution in [2.45, 2.75) is 63.6 Å². The Bertz CT molecular complexity index is 387. The van der Waals surface area contributed by atoms with E-state index in [9.17, 15) is 4.79 Å². The number of morpholine rings is 1. The van der Waals surface area contributed by atoms with Gasteiger partial charge in [0.2, 0.25) is 5.91 Å². The summed E-state index contributed by atoms with van der Waals surface area (Å²) in [6.45, 7) is 8.64. The fraction of sp³-hybridized carbons (Fsp3) is 0.941. The van der Waals surface area contributed by atoms with Crippen LogP contribution in [0.4, 0.5) is 0 Å². The number of rotatable bonds is 5. The molecule has 0 aromatic rings. The summed E-state index contributed by atoms with van der Waals surface area (Å²) in [5.41, 5.74) is -0.0589. The molecule has 3 aliphatic heterocycles. The quantitative estimate of drug-likeness (QED) is 0.799. The van der Waals surface area contributed by atoms with Crippen LogP contribution in [-0.2, 0) is 9.53 Å². The Morgan fingerprint density at radius 1 is 1.32 bits per heavy atom. The number of hydrogen-bond acceptors (Lipinski definition) is 4. The van der Waals surface area contributed by atoms with Crippen LogP contribution in [0.25, 0.3) is 0 Å². The molecule has 0 radical (unpaired) electrons. The van der Waals surface area contributed by atoms with Crippen molar-refractivity contribution in [3.05, 3.63) is 0 Å². The van der Waals surface area contributed by atoms with Gasteiger partial charge in [-0.05, 0) is 45.4 Å². The highest BCUT2D eigenvalue weighted by atomic mass is 16.5. The van der Waals surface area contributed by atoms with Gasteiger partial charge in [-0.15, -0.1) is 0 Å². The molecule has 3 rings (SSSR count). The zero-order valence-electron chi connectivity index (χ0n) is 14.1. The molecule has 2 bridgehead atoms. The zero-order valence-corrected chi connectivity index (χ0v) is 14.1. The van der Waals surface area contributed by atoms with Crippen LogP contribution in [0.3, 0.4) is 0 Å². The summed E-state index contributed by atoms with van der Waals surface area (Å²) in [6.07, 6.45) is 5.68. The van der Waals surface area contributed by atoms with Crippen molar-refractivity contribution >= 4 is 5.91 Å². The van der Waals surface area contributed by atoms with Gasteiger partial charge in [-0.2, -0.15) is 0 Å². The van der Waals surface area contributed by atoms with Crippen LogP contribution in [0.1, 0.15) is 46.0 Å². The summed E-state index contributed by atoms with van der Waals surface area (Å²) >= 11 is 0. The van der Waals surface area contributed by atoms with Crippen LogP contribution in [0.5, 0.6) is 0 Å². The maximum atomic E-state index is 12.1. The van der Waals surface area contributed by atoms with Crippen LogP contribution in [0.2, 0.25) is 0 Å². The van der Waals surface area contributed by atoms with E-state index < -0.39 is 0 Å². The molecule has 3 fully saturated rings. The van der Waals surface area contributed by atoms with Gasteiger partial charge in [-0.25, -0.2) is 0 Å². The van der Waals surface area contributed by atoms with Crippen molar-refractivity contribution in [2.24, 2.45) is 5.92 Å². The topological polar surface area (TPSA) is 53.6 Å². The van der Waals surface area contributed by atoms with Crippen molar-refractivity contribution < 1.29 is 9.53 Å². The lowest BCUT2D eigenvalue weighted by Crippen LogP contribution is -2.50. The van der Waals surface area contributed by atoms with Crippen LogP contribution in [0.15, 0.2) is 0 Å². The van der Waals surface area contributed by atoms with E-state index in [1.165, 1.54) is 25.7 Å². The largest absolute Gasteiger partial charge is 0.373 e. The van der Waals surface area contributed by atoms with Crippen molar-refractivity contribution in [3.8, 4) is 0 Å². The average molecular weight is 309 g/mol. The number of fused-ring (bicyclic) bond motifs is 2. The summed E-state index contributed by atoms with van der Waals surface area (Å²) in [4.78, 5) is 14.5. The molecule has 0 aromatic heterocycles. The summed E-state index contributed by atoms with van der Waals surface area (Å²) in [7, 11) is 0. The van der Waals surface area contributed by atoms with E-state index in [-0.39, 0.29) is 11.5 Å². The van der Waals surface area contributed by atoms with Crippen LogP contribution in [-0.4, -0.2) is 61.3 Å². The number of piperidine rings is 1. The van der Waals surface area contributed by atoms with E-state index in [0.29, 0.717) is 24.4 Å². The standard InChI is InChI=1S/C17H31N3O2/c1-17(2)12-20(7-8-22-17)6-5-18-16(21)11-13-9-14-3-4-15(10-13)19-14/h13-15,19H,3-12H2,1-2H3,(H,18,21). The van der Waals surface area contributed by atoms with Gasteiger partial charge in [0.15, 0.2) is 0 Å². The molecule has 3 heterocycles. The van der Waals surface area contributed by atoms with Gasteiger partial charge in [0.25, 0.3) is 0 Å². The van der Waals surface area contributed by atoms with Gasteiger partial charge in [-0.3, -0.25) is 9.69 Å². The minimum atomic E-state index is -0.0589. The second-order valence-corrected chi connectivity index (χ2v) is 7.91. The number of carbonyl (C=O) groups is 1. The van der Waals surface area contributed by atoms with Crippen LogP contribution in [0, 0.1) is 5.92 Å². The van der Waals surface area contributed by atoms with E-state index in [2.05, 4.69) is 29.4 Å². The Balaban J connectivity index is 1.33. The van der Waals surface area contributed by atoms with E-state index in [1.54, 1.807) is 0 Å². The maximum absolute atomic E-state index is 12.1. The molecule has 5 nitrogen and oxygen atoms in total. The minimum Gasteiger partial charge on any atom is -0.373 e. The van der Waals surface area contributed by atoms with Gasteiger partial charge in [0.05, 0.1) is 12.2 Å². The van der Waals surface area contributed by atoms with Crippen LogP contribution >= 0.6 is 0 Å². The van der Waals surface area contributed by atoms with E-state index >= 15 is 0 Å². The van der Waals surface area contributed by atoms with Crippen molar-refractivity contribution in [2.75, 3.05) is 32.8 Å². The summed E-state index contributed by atoms with van der Waals surface area (Å²) in [6, 6.07) is 1.35. The number of hydrogen-bond donors (Lipinski definition) is 2. The Kier molecular flexibility index (Phi) is 5.05. The van der Waals surface area contributed by atoms with Gasteiger partial charge < -0.3 is 15.4 Å². The summed E-state index contributed by atoms with van der Waals surface area (Å²) in [5.74, 6) is 0.819. The van der Waals surface area contributed by atoms with E-state index in [4.69, 9.17) is 4.74 Å². The third kappa shape index (κ3) is 4.43. The number of amides is 1. The van der Waals surface area contributed by atoms with Gasteiger partial charge in [0, 0.05) is 44.7 Å². The Morgan fingerprint density at radius 2 is 2.05 bits per heavy atom. The van der Waals surface area contributed by atoms with Gasteiger partial charge in [0.1, 0.15) is 0 Å². The number of nitrogens with zero attached hydrogens (tertiary/aromatic N) is 1. The molecular formula is C17H31N3O2. The molecule has 2 N–H and O–H groups in total. The first-order chi connectivity index (χ1) is 10.5. The molecule has 2 atom stereocenters. The number of carbonyl (C=O) groups excluding carboxylic acids is 1. The molecule has 0 aliphatic carbocycles. The predicted octanol–water partition coefficient (Wildman–Crippen LogP) is 1.13. The zero-order chi connectivity index (χ0) is 15.6. The normalized spacial score (nSPS) is 34.5. The van der Waals surface area contributed by atoms with Gasteiger partial charge in [-0.1, -0.05) is 0 Å². The lowest BCUT2D eigenvalue weighted by atomic mass is 9.89. The third-order valence-electron chi connectivity index (χ3n) is 5.30. The SMILES string of the molecule is CC1(C)CN(CCNC(=O)CC2CC3CCC(C2)N3)CCO1. The first-order valence-corrected chi connectivity index (χ1v) is 8.89. The fourth-order valence-corrected chi connectivity index (χ4v) is 4.33. The van der Waals surface area contributed by atoms with E-state index in [1.807, 2.05) is 0 Å². The molecule has 0 saturated carbocycles. The van der Waals surface area contributed by atoms with Crippen LogP contribution < -0.4 is 10.6 Å². The fourth-order valence-electron chi connectivity index (χ4n) is 4.33. The molecule has 0 spiro atoms. The average Bonchev–Trinajstić information content (AvgIpc) is 2.77. The highest BCUT2D eigenvalue weighted by Gasteiger charge is 2.34.